The first kappa shape index (κ1) is 11.7. The molecule has 0 saturated heterocycles. The molecule has 0 bridgehead atoms. The second-order valence-electron chi connectivity index (χ2n) is 4.29. The maximum absolute atomic E-state index is 8.88. The van der Waals surface area contributed by atoms with E-state index in [9.17, 15) is 0 Å². The van der Waals surface area contributed by atoms with Gasteiger partial charge in [-0.3, -0.25) is 0 Å². The highest BCUT2D eigenvalue weighted by molar-refractivity contribution is 5.38. The molecule has 0 heterocycles. The van der Waals surface area contributed by atoms with Gasteiger partial charge in [0, 0.05) is 12.1 Å². The zero-order valence-electron chi connectivity index (χ0n) is 9.83. The molecule has 0 aliphatic carbocycles. The first-order valence-electron chi connectivity index (χ1n) is 5.30. The van der Waals surface area contributed by atoms with Crippen molar-refractivity contribution >= 4 is 0 Å². The Morgan fingerprint density at radius 3 is 2.40 bits per heavy atom. The van der Waals surface area contributed by atoms with Gasteiger partial charge in [0.25, 0.3) is 0 Å². The van der Waals surface area contributed by atoms with Crippen LogP contribution in [-0.4, -0.2) is 6.04 Å². The number of hydrogen-bond donors (Lipinski definition) is 1. The largest absolute Gasteiger partial charge is 0.308 e. The van der Waals surface area contributed by atoms with Crippen LogP contribution in [0.1, 0.15) is 43.5 Å². The maximum Gasteiger partial charge on any atom is 0.0991 e. The summed E-state index contributed by atoms with van der Waals surface area (Å²) in [6.45, 7) is 8.39. The van der Waals surface area contributed by atoms with Gasteiger partial charge in [0.2, 0.25) is 0 Å². The number of nitrogens with zero attached hydrogens (tertiary/aromatic N) is 1. The minimum Gasteiger partial charge on any atom is -0.308 e. The topological polar surface area (TPSA) is 35.8 Å². The molecule has 0 saturated carbocycles. The molecule has 80 valence electrons. The average Bonchev–Trinajstić information content (AvgIpc) is 2.15. The van der Waals surface area contributed by atoms with E-state index in [1.54, 1.807) is 0 Å². The van der Waals surface area contributed by atoms with Crippen LogP contribution in [0.3, 0.4) is 0 Å². The van der Waals surface area contributed by atoms with Crippen LogP contribution in [0.5, 0.6) is 0 Å². The molecule has 2 nitrogen and oxygen atoms in total. The van der Waals surface area contributed by atoms with Crippen LogP contribution in [0.2, 0.25) is 0 Å². The summed E-state index contributed by atoms with van der Waals surface area (Å²) in [4.78, 5) is 0. The Hall–Kier alpha value is -1.33. The van der Waals surface area contributed by atoms with Crippen LogP contribution in [0.4, 0.5) is 0 Å². The van der Waals surface area contributed by atoms with E-state index in [2.05, 4.69) is 38.2 Å². The zero-order chi connectivity index (χ0) is 11.4. The predicted octanol–water partition coefficient (Wildman–Crippen LogP) is 2.93. The van der Waals surface area contributed by atoms with Crippen molar-refractivity contribution in [3.05, 3.63) is 34.9 Å². The molecule has 0 aliphatic heterocycles. The molecule has 1 aromatic carbocycles. The minimum atomic E-state index is 0.289. The number of aryl methyl sites for hydroxylation is 1. The van der Waals surface area contributed by atoms with E-state index in [1.807, 2.05) is 19.1 Å². The van der Waals surface area contributed by atoms with Crippen LogP contribution in [0, 0.1) is 18.3 Å². The van der Waals surface area contributed by atoms with E-state index in [1.165, 1.54) is 5.56 Å². The first-order valence-corrected chi connectivity index (χ1v) is 5.30. The predicted molar refractivity (Wildman–Crippen MR) is 62.6 cm³/mol. The minimum absolute atomic E-state index is 0.289. The summed E-state index contributed by atoms with van der Waals surface area (Å²) in [6.07, 6.45) is 0. The summed E-state index contributed by atoms with van der Waals surface area (Å²) in [5, 5.41) is 12.3. The normalized spacial score (nSPS) is 12.5. The monoisotopic (exact) mass is 202 g/mol. The van der Waals surface area contributed by atoms with Gasteiger partial charge in [0.1, 0.15) is 0 Å². The van der Waals surface area contributed by atoms with Gasteiger partial charge in [0.05, 0.1) is 11.6 Å². The molecule has 0 amide bonds. The molecule has 0 aliphatic rings. The van der Waals surface area contributed by atoms with Gasteiger partial charge < -0.3 is 5.32 Å². The van der Waals surface area contributed by atoms with Crippen molar-refractivity contribution in [1.29, 1.82) is 5.26 Å². The van der Waals surface area contributed by atoms with E-state index in [4.69, 9.17) is 5.26 Å². The third-order valence-corrected chi connectivity index (χ3v) is 2.31. The van der Waals surface area contributed by atoms with Gasteiger partial charge in [-0.2, -0.15) is 5.26 Å². The molecular weight excluding hydrogens is 184 g/mol. The van der Waals surface area contributed by atoms with Gasteiger partial charge in [-0.25, -0.2) is 0 Å². The lowest BCUT2D eigenvalue weighted by Crippen LogP contribution is -2.26. The Labute approximate surface area is 91.9 Å². The second-order valence-corrected chi connectivity index (χ2v) is 4.29. The molecule has 1 atom stereocenters. The summed E-state index contributed by atoms with van der Waals surface area (Å²) in [6, 6.07) is 8.91. The highest BCUT2D eigenvalue weighted by atomic mass is 14.9. The van der Waals surface area contributed by atoms with Crippen LogP contribution in [0.25, 0.3) is 0 Å². The molecule has 0 fully saturated rings. The summed E-state index contributed by atoms with van der Waals surface area (Å²) in [5.74, 6) is 0. The van der Waals surface area contributed by atoms with Crippen molar-refractivity contribution in [2.75, 3.05) is 0 Å². The van der Waals surface area contributed by atoms with Crippen molar-refractivity contribution in [3.63, 3.8) is 0 Å². The number of rotatable bonds is 3. The summed E-state index contributed by atoms with van der Waals surface area (Å²) < 4.78 is 0. The molecule has 15 heavy (non-hydrogen) atoms. The van der Waals surface area contributed by atoms with Crippen LogP contribution >= 0.6 is 0 Å². The molecule has 1 aromatic rings. The Bertz CT molecular complexity index is 375. The lowest BCUT2D eigenvalue weighted by Gasteiger charge is -2.17. The maximum atomic E-state index is 8.88. The van der Waals surface area contributed by atoms with Crippen molar-refractivity contribution in [2.24, 2.45) is 0 Å². The fourth-order valence-corrected chi connectivity index (χ4v) is 1.72. The molecular formula is C13H18N2. The fourth-order valence-electron chi connectivity index (χ4n) is 1.72. The Kier molecular flexibility index (Phi) is 3.88. The molecule has 1 N–H and O–H groups in total. The van der Waals surface area contributed by atoms with Crippen molar-refractivity contribution in [3.8, 4) is 6.07 Å². The SMILES string of the molecule is Cc1cc(C#N)cc([C@@H](C)NC(C)C)c1. The average molecular weight is 202 g/mol. The number of nitriles is 1. The number of hydrogen-bond acceptors (Lipinski definition) is 2. The quantitative estimate of drug-likeness (QED) is 0.818. The third-order valence-electron chi connectivity index (χ3n) is 2.31. The number of nitrogens with one attached hydrogen (secondary N) is 1. The Morgan fingerprint density at radius 2 is 1.87 bits per heavy atom. The first-order chi connectivity index (χ1) is 7.02. The highest BCUT2D eigenvalue weighted by Gasteiger charge is 2.07. The summed E-state index contributed by atoms with van der Waals surface area (Å²) >= 11 is 0. The molecule has 1 rings (SSSR count). The third kappa shape index (κ3) is 3.38. The van der Waals surface area contributed by atoms with E-state index in [-0.39, 0.29) is 6.04 Å². The van der Waals surface area contributed by atoms with Gasteiger partial charge in [0.15, 0.2) is 0 Å². The van der Waals surface area contributed by atoms with Gasteiger partial charge in [-0.05, 0) is 37.1 Å². The van der Waals surface area contributed by atoms with Gasteiger partial charge >= 0.3 is 0 Å². The Morgan fingerprint density at radius 1 is 1.20 bits per heavy atom. The standard InChI is InChI=1S/C13H18N2/c1-9(2)15-11(4)13-6-10(3)5-12(7-13)8-14/h5-7,9,11,15H,1-4H3/t11-/m1/s1. The van der Waals surface area contributed by atoms with Crippen LogP contribution < -0.4 is 5.32 Å². The van der Waals surface area contributed by atoms with Crippen molar-refractivity contribution in [2.45, 2.75) is 39.8 Å². The fraction of sp³-hybridized carbons (Fsp3) is 0.462. The molecule has 2 heteroatoms. The number of benzene rings is 1. The van der Waals surface area contributed by atoms with E-state index in [0.29, 0.717) is 6.04 Å². The molecule has 0 spiro atoms. The van der Waals surface area contributed by atoms with Gasteiger partial charge in [-0.1, -0.05) is 19.9 Å². The summed E-state index contributed by atoms with van der Waals surface area (Å²) in [5.41, 5.74) is 3.06. The molecule has 0 radical (unpaired) electrons. The van der Waals surface area contributed by atoms with Crippen molar-refractivity contribution in [1.82, 2.24) is 5.32 Å². The highest BCUT2D eigenvalue weighted by Crippen LogP contribution is 2.17. The van der Waals surface area contributed by atoms with E-state index < -0.39 is 0 Å². The lowest BCUT2D eigenvalue weighted by molar-refractivity contribution is 0.506. The van der Waals surface area contributed by atoms with Gasteiger partial charge in [-0.15, -0.1) is 0 Å². The molecule has 0 unspecified atom stereocenters. The van der Waals surface area contributed by atoms with Crippen LogP contribution in [-0.2, 0) is 0 Å². The smallest absolute Gasteiger partial charge is 0.0991 e. The lowest BCUT2D eigenvalue weighted by atomic mass is 10.0. The zero-order valence-corrected chi connectivity index (χ0v) is 9.83. The van der Waals surface area contributed by atoms with Crippen LogP contribution in [0.15, 0.2) is 18.2 Å². The van der Waals surface area contributed by atoms with E-state index in [0.717, 1.165) is 11.1 Å². The van der Waals surface area contributed by atoms with Crippen molar-refractivity contribution < 1.29 is 0 Å². The Balaban J connectivity index is 2.94. The second kappa shape index (κ2) is 4.95. The van der Waals surface area contributed by atoms with E-state index >= 15 is 0 Å². The molecule has 0 aromatic heterocycles. The summed E-state index contributed by atoms with van der Waals surface area (Å²) in [7, 11) is 0.